The molecule has 0 aliphatic carbocycles. The fourth-order valence-electron chi connectivity index (χ4n) is 1.76. The quantitative estimate of drug-likeness (QED) is 0.374. The van der Waals surface area contributed by atoms with Crippen LogP contribution in [-0.2, 0) is 6.61 Å². The largest absolute Gasteiger partial charge is 0.485 e. The Morgan fingerprint density at radius 1 is 1.48 bits per heavy atom. The van der Waals surface area contributed by atoms with Gasteiger partial charge >= 0.3 is 0 Å². The van der Waals surface area contributed by atoms with Crippen LogP contribution in [0.1, 0.15) is 21.9 Å². The van der Waals surface area contributed by atoms with Crippen LogP contribution in [0.5, 0.6) is 5.75 Å². The van der Waals surface area contributed by atoms with E-state index in [1.807, 2.05) is 5.43 Å². The Labute approximate surface area is 119 Å². The predicted octanol–water partition coefficient (Wildman–Crippen LogP) is 1.68. The number of nitro benzene ring substituents is 1. The summed E-state index contributed by atoms with van der Waals surface area (Å²) in [6, 6.07) is 7.30. The maximum absolute atomic E-state index is 11.4. The molecule has 0 aliphatic heterocycles. The highest BCUT2D eigenvalue weighted by Crippen LogP contribution is 2.21. The number of hydrogen-bond acceptors (Lipinski definition) is 6. The standard InChI is InChI=1S/C13H13N3O5/c1-8-12(13(17)15-14)6-11(21-8)7-20-10-4-2-3-9(5-10)16(18)19/h2-6H,7,14H2,1H3,(H,15,17). The minimum atomic E-state index is -0.506. The summed E-state index contributed by atoms with van der Waals surface area (Å²) in [5.74, 6) is 5.76. The van der Waals surface area contributed by atoms with Crippen molar-refractivity contribution in [3.05, 3.63) is 57.5 Å². The molecule has 8 heteroatoms. The molecule has 0 atom stereocenters. The molecule has 1 amide bonds. The number of hydrogen-bond donors (Lipinski definition) is 2. The lowest BCUT2D eigenvalue weighted by Gasteiger charge is -2.03. The van der Waals surface area contributed by atoms with Crippen LogP contribution < -0.4 is 16.0 Å². The molecule has 1 aromatic carbocycles. The number of carbonyl (C=O) groups is 1. The van der Waals surface area contributed by atoms with Crippen LogP contribution in [0.15, 0.2) is 34.7 Å². The molecule has 110 valence electrons. The van der Waals surface area contributed by atoms with Crippen molar-refractivity contribution >= 4 is 11.6 Å². The van der Waals surface area contributed by atoms with E-state index in [9.17, 15) is 14.9 Å². The van der Waals surface area contributed by atoms with Gasteiger partial charge in [-0.1, -0.05) is 6.07 Å². The third-order valence-corrected chi connectivity index (χ3v) is 2.75. The SMILES string of the molecule is Cc1oc(COc2cccc([N+](=O)[O-])c2)cc1C(=O)NN. The van der Waals surface area contributed by atoms with Crippen LogP contribution in [0.3, 0.4) is 0 Å². The van der Waals surface area contributed by atoms with E-state index in [4.69, 9.17) is 15.0 Å². The second-order valence-corrected chi connectivity index (χ2v) is 4.20. The molecule has 3 N–H and O–H groups in total. The van der Waals surface area contributed by atoms with Gasteiger partial charge in [-0.25, -0.2) is 5.84 Å². The molecule has 0 fully saturated rings. The second kappa shape index (κ2) is 6.06. The minimum Gasteiger partial charge on any atom is -0.485 e. The number of rotatable bonds is 5. The summed E-state index contributed by atoms with van der Waals surface area (Å²) in [4.78, 5) is 21.6. The van der Waals surface area contributed by atoms with Crippen molar-refractivity contribution in [3.8, 4) is 5.75 Å². The van der Waals surface area contributed by atoms with Crippen LogP contribution in [0, 0.1) is 17.0 Å². The fourth-order valence-corrected chi connectivity index (χ4v) is 1.76. The first-order chi connectivity index (χ1) is 10.0. The highest BCUT2D eigenvalue weighted by molar-refractivity contribution is 5.94. The van der Waals surface area contributed by atoms with E-state index in [1.54, 1.807) is 13.0 Å². The van der Waals surface area contributed by atoms with Crippen molar-refractivity contribution in [1.82, 2.24) is 5.43 Å². The minimum absolute atomic E-state index is 0.0415. The van der Waals surface area contributed by atoms with Gasteiger partial charge in [0.1, 0.15) is 23.9 Å². The average molecular weight is 291 g/mol. The summed E-state index contributed by atoms with van der Waals surface area (Å²) in [5.41, 5.74) is 2.27. The Morgan fingerprint density at radius 2 is 2.24 bits per heavy atom. The number of nitrogens with two attached hydrogens (primary N) is 1. The summed E-state index contributed by atoms with van der Waals surface area (Å²) >= 11 is 0. The van der Waals surface area contributed by atoms with Gasteiger partial charge in [-0.3, -0.25) is 20.3 Å². The van der Waals surface area contributed by atoms with Crippen LogP contribution in [-0.4, -0.2) is 10.8 Å². The van der Waals surface area contributed by atoms with E-state index in [0.717, 1.165) is 0 Å². The number of non-ortho nitro benzene ring substituents is 1. The summed E-state index contributed by atoms with van der Waals surface area (Å²) in [7, 11) is 0. The van der Waals surface area contributed by atoms with Gasteiger partial charge < -0.3 is 9.15 Å². The van der Waals surface area contributed by atoms with E-state index in [1.165, 1.54) is 24.3 Å². The zero-order valence-corrected chi connectivity index (χ0v) is 11.2. The number of hydrazine groups is 1. The Kier molecular flexibility index (Phi) is 4.19. The van der Waals surface area contributed by atoms with E-state index >= 15 is 0 Å². The third kappa shape index (κ3) is 3.37. The average Bonchev–Trinajstić information content (AvgIpc) is 2.85. The molecule has 0 spiro atoms. The van der Waals surface area contributed by atoms with E-state index in [-0.39, 0.29) is 12.3 Å². The maximum atomic E-state index is 11.4. The van der Waals surface area contributed by atoms with Crippen LogP contribution in [0.4, 0.5) is 5.69 Å². The molecule has 2 aromatic rings. The molecule has 1 heterocycles. The number of nitro groups is 1. The molecule has 0 saturated carbocycles. The number of nitrogens with one attached hydrogen (secondary N) is 1. The Bertz CT molecular complexity index is 680. The number of carbonyl (C=O) groups excluding carboxylic acids is 1. The number of aryl methyl sites for hydroxylation is 1. The number of amides is 1. The summed E-state index contributed by atoms with van der Waals surface area (Å²) in [6.07, 6.45) is 0. The van der Waals surface area contributed by atoms with Gasteiger partial charge in [0.05, 0.1) is 16.6 Å². The van der Waals surface area contributed by atoms with Crippen LogP contribution in [0.25, 0.3) is 0 Å². The van der Waals surface area contributed by atoms with E-state index in [0.29, 0.717) is 22.8 Å². The first-order valence-corrected chi connectivity index (χ1v) is 5.98. The number of nitrogens with zero attached hydrogens (tertiary/aromatic N) is 1. The summed E-state index contributed by atoms with van der Waals surface area (Å²) < 4.78 is 10.8. The molecule has 0 radical (unpaired) electrons. The van der Waals surface area contributed by atoms with Gasteiger partial charge in [0.2, 0.25) is 0 Å². The van der Waals surface area contributed by atoms with Gasteiger partial charge in [-0.15, -0.1) is 0 Å². The summed E-state index contributed by atoms with van der Waals surface area (Å²) in [6.45, 7) is 1.67. The Balaban J connectivity index is 2.08. The summed E-state index contributed by atoms with van der Waals surface area (Å²) in [5, 5.41) is 10.7. The van der Waals surface area contributed by atoms with Crippen molar-refractivity contribution in [2.45, 2.75) is 13.5 Å². The zero-order chi connectivity index (χ0) is 15.4. The fraction of sp³-hybridized carbons (Fsp3) is 0.154. The number of nitrogen functional groups attached to an aromatic ring is 1. The number of benzene rings is 1. The first-order valence-electron chi connectivity index (χ1n) is 5.98. The van der Waals surface area contributed by atoms with E-state index in [2.05, 4.69) is 0 Å². The monoisotopic (exact) mass is 291 g/mol. The molecule has 0 saturated heterocycles. The third-order valence-electron chi connectivity index (χ3n) is 2.75. The smallest absolute Gasteiger partial charge is 0.273 e. The molecule has 1 aromatic heterocycles. The highest BCUT2D eigenvalue weighted by atomic mass is 16.6. The molecule has 2 rings (SSSR count). The molecule has 0 aliphatic rings. The van der Waals surface area contributed by atoms with Gasteiger partial charge in [0, 0.05) is 6.07 Å². The maximum Gasteiger partial charge on any atom is 0.273 e. The van der Waals surface area contributed by atoms with E-state index < -0.39 is 10.8 Å². The van der Waals surface area contributed by atoms with Crippen molar-refractivity contribution in [1.29, 1.82) is 0 Å². The molecule has 8 nitrogen and oxygen atoms in total. The van der Waals surface area contributed by atoms with Crippen molar-refractivity contribution in [2.24, 2.45) is 5.84 Å². The first kappa shape index (κ1) is 14.5. The van der Waals surface area contributed by atoms with Crippen LogP contribution in [0.2, 0.25) is 0 Å². The lowest BCUT2D eigenvalue weighted by molar-refractivity contribution is -0.384. The predicted molar refractivity (Wildman–Crippen MR) is 72.5 cm³/mol. The lowest BCUT2D eigenvalue weighted by atomic mass is 10.2. The topological polar surface area (TPSA) is 121 Å². The van der Waals surface area contributed by atoms with Gasteiger partial charge in [0.15, 0.2) is 0 Å². The lowest BCUT2D eigenvalue weighted by Crippen LogP contribution is -2.30. The molecular formula is C13H13N3O5. The van der Waals surface area contributed by atoms with Crippen molar-refractivity contribution in [3.63, 3.8) is 0 Å². The van der Waals surface area contributed by atoms with Crippen molar-refractivity contribution < 1.29 is 18.9 Å². The molecular weight excluding hydrogens is 278 g/mol. The van der Waals surface area contributed by atoms with Crippen LogP contribution >= 0.6 is 0 Å². The second-order valence-electron chi connectivity index (χ2n) is 4.20. The number of ether oxygens (including phenoxy) is 1. The van der Waals surface area contributed by atoms with Gasteiger partial charge in [-0.05, 0) is 19.1 Å². The molecule has 0 unspecified atom stereocenters. The highest BCUT2D eigenvalue weighted by Gasteiger charge is 2.14. The Morgan fingerprint density at radius 3 is 2.90 bits per heavy atom. The number of furan rings is 1. The molecule has 0 bridgehead atoms. The van der Waals surface area contributed by atoms with Gasteiger partial charge in [0.25, 0.3) is 11.6 Å². The Hall–Kier alpha value is -2.87. The van der Waals surface area contributed by atoms with Gasteiger partial charge in [-0.2, -0.15) is 0 Å². The van der Waals surface area contributed by atoms with Crippen molar-refractivity contribution in [2.75, 3.05) is 0 Å². The molecule has 21 heavy (non-hydrogen) atoms. The zero-order valence-electron chi connectivity index (χ0n) is 11.2. The normalized spacial score (nSPS) is 10.2.